The highest BCUT2D eigenvalue weighted by Gasteiger charge is 2.21. The molecule has 0 saturated heterocycles. The van der Waals surface area contributed by atoms with Gasteiger partial charge in [-0.15, -0.1) is 0 Å². The molecule has 0 saturated carbocycles. The van der Waals surface area contributed by atoms with Gasteiger partial charge in [-0.25, -0.2) is 0 Å². The van der Waals surface area contributed by atoms with Crippen LogP contribution in [0, 0.1) is 0 Å². The molecule has 1 atom stereocenters. The first-order valence-electron chi connectivity index (χ1n) is 5.54. The van der Waals surface area contributed by atoms with Crippen molar-refractivity contribution in [3.63, 3.8) is 0 Å². The van der Waals surface area contributed by atoms with Crippen LogP contribution in [0.3, 0.4) is 0 Å². The Morgan fingerprint density at radius 3 is 2.50 bits per heavy atom. The predicted octanol–water partition coefficient (Wildman–Crippen LogP) is 3.02. The van der Waals surface area contributed by atoms with Crippen molar-refractivity contribution in [2.24, 2.45) is 5.73 Å². The molecule has 1 unspecified atom stereocenters. The molecule has 0 spiro atoms. The maximum Gasteiger partial charge on any atom is 0.0805 e. The highest BCUT2D eigenvalue weighted by atomic mass is 35.5. The number of hydrogen-bond acceptors (Lipinski definition) is 2. The summed E-state index contributed by atoms with van der Waals surface area (Å²) in [5, 5.41) is 10.7. The molecule has 3 N–H and O–H groups in total. The van der Waals surface area contributed by atoms with Crippen molar-refractivity contribution in [2.75, 3.05) is 6.54 Å². The number of nitrogens with two attached hydrogens (primary N) is 1. The van der Waals surface area contributed by atoms with Crippen LogP contribution in [0.1, 0.15) is 44.4 Å². The molecule has 16 heavy (non-hydrogen) atoms. The van der Waals surface area contributed by atoms with E-state index in [1.807, 2.05) is 18.2 Å². The molecule has 0 aliphatic rings. The third-order valence-electron chi connectivity index (χ3n) is 2.62. The van der Waals surface area contributed by atoms with Gasteiger partial charge in [-0.3, -0.25) is 0 Å². The number of aliphatic hydroxyl groups excluding tert-OH is 1. The lowest BCUT2D eigenvalue weighted by molar-refractivity contribution is 0.168. The molecule has 0 bridgehead atoms. The van der Waals surface area contributed by atoms with Crippen LogP contribution >= 0.6 is 11.6 Å². The first-order chi connectivity index (χ1) is 7.36. The van der Waals surface area contributed by atoms with Crippen molar-refractivity contribution in [1.29, 1.82) is 0 Å². The lowest BCUT2D eigenvalue weighted by atomic mass is 9.82. The van der Waals surface area contributed by atoms with E-state index < -0.39 is 6.10 Å². The van der Waals surface area contributed by atoms with Gasteiger partial charge in [0.15, 0.2) is 0 Å². The van der Waals surface area contributed by atoms with Gasteiger partial charge >= 0.3 is 0 Å². The number of halogens is 1. The number of rotatable bonds is 3. The third kappa shape index (κ3) is 3.21. The van der Waals surface area contributed by atoms with Gasteiger partial charge in [0, 0.05) is 5.02 Å². The van der Waals surface area contributed by atoms with Crippen molar-refractivity contribution >= 4 is 11.6 Å². The smallest absolute Gasteiger partial charge is 0.0805 e. The molecule has 1 rings (SSSR count). The Labute approximate surface area is 102 Å². The lowest BCUT2D eigenvalue weighted by Gasteiger charge is -2.25. The van der Waals surface area contributed by atoms with Crippen LogP contribution in [-0.2, 0) is 5.41 Å². The first-order valence-corrected chi connectivity index (χ1v) is 5.92. The van der Waals surface area contributed by atoms with Crippen LogP contribution in [0.2, 0.25) is 5.02 Å². The summed E-state index contributed by atoms with van der Waals surface area (Å²) in [6, 6.07) is 5.68. The Morgan fingerprint density at radius 1 is 1.38 bits per heavy atom. The van der Waals surface area contributed by atoms with Gasteiger partial charge in [-0.05, 0) is 41.6 Å². The van der Waals surface area contributed by atoms with E-state index in [2.05, 4.69) is 20.8 Å². The molecule has 1 aromatic carbocycles. The molecular formula is C13H20ClNO. The minimum Gasteiger partial charge on any atom is -0.388 e. The van der Waals surface area contributed by atoms with E-state index in [-0.39, 0.29) is 5.41 Å². The van der Waals surface area contributed by atoms with Crippen molar-refractivity contribution in [3.8, 4) is 0 Å². The summed E-state index contributed by atoms with van der Waals surface area (Å²) in [6.07, 6.45) is 0.0293. The lowest BCUT2D eigenvalue weighted by Crippen LogP contribution is -2.17. The van der Waals surface area contributed by atoms with Crippen LogP contribution in [-0.4, -0.2) is 11.7 Å². The van der Waals surface area contributed by atoms with Crippen LogP contribution in [0.4, 0.5) is 0 Å². The Balaban J connectivity index is 3.18. The van der Waals surface area contributed by atoms with Gasteiger partial charge in [0.1, 0.15) is 0 Å². The van der Waals surface area contributed by atoms with Crippen molar-refractivity contribution in [3.05, 3.63) is 34.3 Å². The van der Waals surface area contributed by atoms with Crippen LogP contribution in [0.25, 0.3) is 0 Å². The van der Waals surface area contributed by atoms with Crippen molar-refractivity contribution in [2.45, 2.75) is 38.7 Å². The van der Waals surface area contributed by atoms with Crippen LogP contribution in [0.15, 0.2) is 18.2 Å². The van der Waals surface area contributed by atoms with Crippen molar-refractivity contribution < 1.29 is 5.11 Å². The molecule has 0 aliphatic heterocycles. The predicted molar refractivity (Wildman–Crippen MR) is 68.8 cm³/mol. The topological polar surface area (TPSA) is 46.2 Å². The Hall–Kier alpha value is -0.570. The Morgan fingerprint density at radius 2 is 2.00 bits per heavy atom. The average molecular weight is 242 g/mol. The summed E-state index contributed by atoms with van der Waals surface area (Å²) in [5.41, 5.74) is 7.48. The highest BCUT2D eigenvalue weighted by molar-refractivity contribution is 6.30. The number of hydrogen-bond donors (Lipinski definition) is 2. The monoisotopic (exact) mass is 241 g/mol. The molecule has 2 nitrogen and oxygen atoms in total. The summed E-state index contributed by atoms with van der Waals surface area (Å²) in [5.74, 6) is 0. The molecule has 90 valence electrons. The van der Waals surface area contributed by atoms with Gasteiger partial charge in [0.25, 0.3) is 0 Å². The molecule has 3 heteroatoms. The van der Waals surface area contributed by atoms with E-state index >= 15 is 0 Å². The maximum absolute atomic E-state index is 10.1. The van der Waals surface area contributed by atoms with Gasteiger partial charge < -0.3 is 10.8 Å². The molecule has 1 aromatic rings. The largest absolute Gasteiger partial charge is 0.388 e. The SMILES string of the molecule is CC(C)(C)c1ccc(Cl)cc1C(O)CCN. The van der Waals surface area contributed by atoms with E-state index in [0.717, 1.165) is 11.1 Å². The summed E-state index contributed by atoms with van der Waals surface area (Å²) in [6.45, 7) is 6.83. The normalized spacial score (nSPS) is 13.9. The zero-order valence-corrected chi connectivity index (χ0v) is 10.9. The van der Waals surface area contributed by atoms with Gasteiger partial charge in [0.2, 0.25) is 0 Å². The molecule has 0 amide bonds. The second-order valence-electron chi connectivity index (χ2n) is 5.07. The molecule has 0 aromatic heterocycles. The molecule has 0 aliphatic carbocycles. The number of aliphatic hydroxyl groups is 1. The third-order valence-corrected chi connectivity index (χ3v) is 2.86. The summed E-state index contributed by atoms with van der Waals surface area (Å²) < 4.78 is 0. The summed E-state index contributed by atoms with van der Waals surface area (Å²) >= 11 is 5.97. The Bertz CT molecular complexity index is 357. The zero-order valence-electron chi connectivity index (χ0n) is 10.1. The average Bonchev–Trinajstić information content (AvgIpc) is 2.16. The molecule has 0 fully saturated rings. The van der Waals surface area contributed by atoms with E-state index in [1.54, 1.807) is 0 Å². The highest BCUT2D eigenvalue weighted by Crippen LogP contribution is 2.32. The van der Waals surface area contributed by atoms with E-state index in [4.69, 9.17) is 17.3 Å². The van der Waals surface area contributed by atoms with E-state index in [0.29, 0.717) is 18.0 Å². The second kappa shape index (κ2) is 5.17. The van der Waals surface area contributed by atoms with Gasteiger partial charge in [-0.2, -0.15) is 0 Å². The summed E-state index contributed by atoms with van der Waals surface area (Å²) in [4.78, 5) is 0. The minimum absolute atomic E-state index is 0.00446. The summed E-state index contributed by atoms with van der Waals surface area (Å²) in [7, 11) is 0. The number of benzene rings is 1. The standard InChI is InChI=1S/C13H20ClNO/c1-13(2,3)11-5-4-9(14)8-10(11)12(16)6-7-15/h4-5,8,12,16H,6-7,15H2,1-3H3. The van der Waals surface area contributed by atoms with Crippen molar-refractivity contribution in [1.82, 2.24) is 0 Å². The Kier molecular flexibility index (Phi) is 4.36. The maximum atomic E-state index is 10.1. The fourth-order valence-electron chi connectivity index (χ4n) is 1.81. The second-order valence-corrected chi connectivity index (χ2v) is 5.51. The zero-order chi connectivity index (χ0) is 12.3. The van der Waals surface area contributed by atoms with Crippen LogP contribution in [0.5, 0.6) is 0 Å². The van der Waals surface area contributed by atoms with Crippen LogP contribution < -0.4 is 5.73 Å². The van der Waals surface area contributed by atoms with E-state index in [1.165, 1.54) is 0 Å². The fourth-order valence-corrected chi connectivity index (χ4v) is 1.99. The first kappa shape index (κ1) is 13.5. The molecular weight excluding hydrogens is 222 g/mol. The van der Waals surface area contributed by atoms with Gasteiger partial charge in [0.05, 0.1) is 6.10 Å². The van der Waals surface area contributed by atoms with E-state index in [9.17, 15) is 5.11 Å². The molecule has 0 heterocycles. The fraction of sp³-hybridized carbons (Fsp3) is 0.538. The quantitative estimate of drug-likeness (QED) is 0.855. The van der Waals surface area contributed by atoms with Gasteiger partial charge in [-0.1, -0.05) is 38.4 Å². The minimum atomic E-state index is -0.530. The molecule has 0 radical (unpaired) electrons.